The Morgan fingerprint density at radius 1 is 0.528 bits per heavy atom. The lowest BCUT2D eigenvalue weighted by Gasteiger charge is -2.14. The lowest BCUT2D eigenvalue weighted by molar-refractivity contribution is -0.345. The van der Waals surface area contributed by atoms with Gasteiger partial charge < -0.3 is 5.53 Å². The van der Waals surface area contributed by atoms with Crippen molar-refractivity contribution in [2.45, 2.75) is 120 Å². The molecule has 1 aliphatic heterocycles. The van der Waals surface area contributed by atoms with Crippen molar-refractivity contribution in [2.75, 3.05) is 0 Å². The van der Waals surface area contributed by atoms with Crippen LogP contribution in [-0.2, 0) is 0 Å². The van der Waals surface area contributed by atoms with E-state index in [1.54, 1.807) is 4.70 Å². The van der Waals surface area contributed by atoms with E-state index in [2.05, 4.69) is 79.7 Å². The second-order valence-corrected chi connectivity index (χ2v) is 11.1. The molecule has 0 spiro atoms. The van der Waals surface area contributed by atoms with Crippen LogP contribution in [0.5, 0.6) is 0 Å². The average Bonchev–Trinajstić information content (AvgIpc) is 3.11. The molecule has 3 rings (SSSR count). The van der Waals surface area contributed by atoms with Gasteiger partial charge >= 0.3 is 0 Å². The highest BCUT2D eigenvalue weighted by atomic mass is 15.2. The van der Waals surface area contributed by atoms with Crippen molar-refractivity contribution >= 4 is 11.4 Å². The molecule has 0 bridgehead atoms. The quantitative estimate of drug-likeness (QED) is 0.211. The second-order valence-electron chi connectivity index (χ2n) is 11.1. The molecule has 0 radical (unpaired) electrons. The van der Waals surface area contributed by atoms with Crippen LogP contribution in [-0.4, -0.2) is 4.70 Å². The zero-order valence-corrected chi connectivity index (χ0v) is 24.3. The third-order valence-corrected chi connectivity index (χ3v) is 8.32. The van der Waals surface area contributed by atoms with Crippen LogP contribution in [0, 0.1) is 41.5 Å². The van der Waals surface area contributed by atoms with Gasteiger partial charge in [0.2, 0.25) is 11.4 Å². The minimum atomic E-state index is 1.00. The number of hydrogen-bond acceptors (Lipinski definition) is 0. The van der Waals surface area contributed by atoms with Crippen LogP contribution in [0.4, 0.5) is 0 Å². The summed E-state index contributed by atoms with van der Waals surface area (Å²) in [6.07, 6.45) is 12.0. The lowest BCUT2D eigenvalue weighted by Crippen LogP contribution is -2.05. The maximum atomic E-state index is 11.9. The van der Waals surface area contributed by atoms with Crippen molar-refractivity contribution in [3.63, 3.8) is 0 Å². The monoisotopic (exact) mass is 484 g/mol. The Hall–Kier alpha value is -2.48. The first-order valence-corrected chi connectivity index (χ1v) is 14.3. The highest BCUT2D eigenvalue weighted by molar-refractivity contribution is 5.82. The molecule has 2 heteroatoms. The first-order chi connectivity index (χ1) is 17.2. The van der Waals surface area contributed by atoms with E-state index in [9.17, 15) is 5.53 Å². The second kappa shape index (κ2) is 12.7. The van der Waals surface area contributed by atoms with Gasteiger partial charge in [-0.1, -0.05) is 52.4 Å². The third-order valence-electron chi connectivity index (χ3n) is 8.32. The molecule has 36 heavy (non-hydrogen) atoms. The number of rotatable bonds is 12. The summed E-state index contributed by atoms with van der Waals surface area (Å²) in [7, 11) is 0. The fourth-order valence-corrected chi connectivity index (χ4v) is 5.57. The van der Waals surface area contributed by atoms with Crippen molar-refractivity contribution < 1.29 is 4.70 Å². The van der Waals surface area contributed by atoms with Gasteiger partial charge in [0.05, 0.1) is 0 Å². The van der Waals surface area contributed by atoms with E-state index >= 15 is 0 Å². The van der Waals surface area contributed by atoms with Gasteiger partial charge in [0, 0.05) is 22.3 Å². The standard InChI is InChI=1S/C34H48N2/c1-9-11-13-14-15-16-18-32-31(17-12-10-2)33(29-19-23(3)27(7)24(4)20-29)36(35)34(32)30-21-25(5)28(8)26(6)22-30/h19-22H,9-18H2,1-8H3. The molecular formula is C34H48N2. The molecule has 0 aliphatic carbocycles. The minimum absolute atomic E-state index is 1.00. The molecule has 2 aromatic rings. The van der Waals surface area contributed by atoms with E-state index in [4.69, 9.17) is 0 Å². The summed E-state index contributed by atoms with van der Waals surface area (Å²) in [4.78, 5) is 0. The van der Waals surface area contributed by atoms with Gasteiger partial charge in [0.15, 0.2) is 0 Å². The Bertz CT molecular complexity index is 1130. The lowest BCUT2D eigenvalue weighted by atomic mass is 9.90. The van der Waals surface area contributed by atoms with Gasteiger partial charge in [-0.25, -0.2) is 4.70 Å². The van der Waals surface area contributed by atoms with Crippen LogP contribution >= 0.6 is 0 Å². The molecule has 1 heterocycles. The minimum Gasteiger partial charge on any atom is -0.493 e. The smallest absolute Gasteiger partial charge is 0.211 e. The molecule has 2 nitrogen and oxygen atoms in total. The first-order valence-electron chi connectivity index (χ1n) is 14.3. The topological polar surface area (TPSA) is 25.3 Å². The first kappa shape index (κ1) is 28.1. The van der Waals surface area contributed by atoms with Crippen LogP contribution in [0.1, 0.15) is 123 Å². The largest absolute Gasteiger partial charge is 0.493 e. The highest BCUT2D eigenvalue weighted by Gasteiger charge is 2.35. The van der Waals surface area contributed by atoms with E-state index < -0.39 is 0 Å². The molecule has 0 fully saturated rings. The van der Waals surface area contributed by atoms with Crippen LogP contribution < -0.4 is 0 Å². The van der Waals surface area contributed by atoms with Crippen LogP contribution in [0.25, 0.3) is 16.9 Å². The predicted molar refractivity (Wildman–Crippen MR) is 156 cm³/mol. The molecule has 0 N–H and O–H groups in total. The van der Waals surface area contributed by atoms with Crippen molar-refractivity contribution in [3.05, 3.63) is 85.5 Å². The summed E-state index contributed by atoms with van der Waals surface area (Å²) >= 11 is 0. The molecule has 2 aromatic carbocycles. The van der Waals surface area contributed by atoms with E-state index in [1.807, 2.05) is 0 Å². The number of hydrogen-bond donors (Lipinski definition) is 0. The van der Waals surface area contributed by atoms with E-state index in [-0.39, 0.29) is 0 Å². The van der Waals surface area contributed by atoms with Gasteiger partial charge in [-0.05, 0) is 125 Å². The molecule has 194 valence electrons. The fraction of sp³-hybridized carbons (Fsp3) is 0.529. The summed E-state index contributed by atoms with van der Waals surface area (Å²) in [5, 5.41) is 0. The number of unbranched alkanes of at least 4 members (excludes halogenated alkanes) is 6. The van der Waals surface area contributed by atoms with Crippen LogP contribution in [0.2, 0.25) is 0 Å². The van der Waals surface area contributed by atoms with Gasteiger partial charge in [-0.3, -0.25) is 0 Å². The van der Waals surface area contributed by atoms with Gasteiger partial charge in [-0.15, -0.1) is 0 Å². The van der Waals surface area contributed by atoms with Gasteiger partial charge in [0.25, 0.3) is 0 Å². The summed E-state index contributed by atoms with van der Waals surface area (Å²) in [5.41, 5.74) is 26.7. The van der Waals surface area contributed by atoms with Crippen molar-refractivity contribution in [1.29, 1.82) is 0 Å². The Kier molecular flexibility index (Phi) is 9.88. The normalized spacial score (nSPS) is 13.9. The number of allylic oxidation sites excluding steroid dienone is 2. The Morgan fingerprint density at radius 3 is 1.31 bits per heavy atom. The molecule has 0 aromatic heterocycles. The Labute approximate surface area is 221 Å². The van der Waals surface area contributed by atoms with Gasteiger partial charge in [-0.2, -0.15) is 0 Å². The van der Waals surface area contributed by atoms with E-state index in [1.165, 1.54) is 83.1 Å². The molecular weight excluding hydrogens is 436 g/mol. The van der Waals surface area contributed by atoms with Crippen molar-refractivity contribution in [2.24, 2.45) is 0 Å². The maximum absolute atomic E-state index is 11.9. The third kappa shape index (κ3) is 6.07. The predicted octanol–water partition coefficient (Wildman–Crippen LogP) is 10.6. The summed E-state index contributed by atoms with van der Waals surface area (Å²) in [6.45, 7) is 17.7. The molecule has 0 unspecified atom stereocenters. The summed E-state index contributed by atoms with van der Waals surface area (Å²) < 4.78 is 1.55. The zero-order chi connectivity index (χ0) is 26.4. The summed E-state index contributed by atoms with van der Waals surface area (Å²) in [6, 6.07) is 9.08. The van der Waals surface area contributed by atoms with Crippen LogP contribution in [0.15, 0.2) is 35.4 Å². The van der Waals surface area contributed by atoms with E-state index in [0.717, 1.165) is 48.2 Å². The zero-order valence-electron chi connectivity index (χ0n) is 24.3. The molecule has 0 saturated heterocycles. The Balaban J connectivity index is 2.14. The van der Waals surface area contributed by atoms with Crippen molar-refractivity contribution in [1.82, 2.24) is 0 Å². The van der Waals surface area contributed by atoms with Crippen LogP contribution in [0.3, 0.4) is 0 Å². The molecule has 0 atom stereocenters. The number of aryl methyl sites for hydroxylation is 4. The number of nitrogens with zero attached hydrogens (tertiary/aromatic N) is 2. The molecule has 0 saturated carbocycles. The SMILES string of the molecule is CCCCCCCCC1=C(c2cc(C)c(C)c(C)c2)[N+](=[N-])C(c2cc(C)c(C)c(C)c2)=C1CCCC. The molecule has 0 amide bonds. The summed E-state index contributed by atoms with van der Waals surface area (Å²) in [5.74, 6) is 0. The van der Waals surface area contributed by atoms with Gasteiger partial charge in [0.1, 0.15) is 0 Å². The fourth-order valence-electron chi connectivity index (χ4n) is 5.57. The number of benzene rings is 2. The highest BCUT2D eigenvalue weighted by Crippen LogP contribution is 2.45. The molecule has 1 aliphatic rings. The average molecular weight is 485 g/mol. The Morgan fingerprint density at radius 2 is 0.889 bits per heavy atom. The van der Waals surface area contributed by atoms with E-state index in [0.29, 0.717) is 0 Å². The maximum Gasteiger partial charge on any atom is 0.211 e. The van der Waals surface area contributed by atoms with Crippen molar-refractivity contribution in [3.8, 4) is 0 Å².